The molecule has 1 fully saturated rings. The van der Waals surface area contributed by atoms with E-state index in [9.17, 15) is 0 Å². The second-order valence-electron chi connectivity index (χ2n) is 6.59. The average Bonchev–Trinajstić information content (AvgIpc) is 2.42. The monoisotopic (exact) mass is 253 g/mol. The maximum absolute atomic E-state index is 3.52. The highest BCUT2D eigenvalue weighted by molar-refractivity contribution is 4.85. The molecule has 1 nitrogen and oxygen atoms in total. The first-order chi connectivity index (χ1) is 8.73. The largest absolute Gasteiger partial charge is 0.317 e. The van der Waals surface area contributed by atoms with E-state index >= 15 is 0 Å². The van der Waals surface area contributed by atoms with Crippen LogP contribution in [0.4, 0.5) is 0 Å². The van der Waals surface area contributed by atoms with Crippen molar-refractivity contribution in [1.82, 2.24) is 5.32 Å². The summed E-state index contributed by atoms with van der Waals surface area (Å²) in [4.78, 5) is 0. The average molecular weight is 253 g/mol. The molecular weight excluding hydrogens is 218 g/mol. The van der Waals surface area contributed by atoms with Crippen molar-refractivity contribution < 1.29 is 0 Å². The zero-order valence-corrected chi connectivity index (χ0v) is 13.1. The van der Waals surface area contributed by atoms with Gasteiger partial charge < -0.3 is 5.32 Å². The fraction of sp³-hybridized carbons (Fsp3) is 1.00. The van der Waals surface area contributed by atoms with Crippen molar-refractivity contribution in [1.29, 1.82) is 0 Å². The summed E-state index contributed by atoms with van der Waals surface area (Å²) in [6.45, 7) is 9.73. The third-order valence-electron chi connectivity index (χ3n) is 5.03. The van der Waals surface area contributed by atoms with Crippen molar-refractivity contribution in [3.8, 4) is 0 Å². The van der Waals surface area contributed by atoms with E-state index in [0.717, 1.165) is 5.92 Å². The molecule has 0 amide bonds. The quantitative estimate of drug-likeness (QED) is 0.560. The van der Waals surface area contributed by atoms with Crippen LogP contribution in [0.3, 0.4) is 0 Å². The summed E-state index contributed by atoms with van der Waals surface area (Å²) in [6.07, 6.45) is 14.2. The van der Waals surface area contributed by atoms with Gasteiger partial charge in [0.2, 0.25) is 0 Å². The van der Waals surface area contributed by atoms with Crippen molar-refractivity contribution in [2.24, 2.45) is 11.3 Å². The van der Waals surface area contributed by atoms with Crippen LogP contribution in [0, 0.1) is 11.3 Å². The minimum absolute atomic E-state index is 0.631. The van der Waals surface area contributed by atoms with Gasteiger partial charge in [-0.15, -0.1) is 0 Å². The summed E-state index contributed by atoms with van der Waals surface area (Å²) in [6, 6.07) is 0. The molecule has 18 heavy (non-hydrogen) atoms. The van der Waals surface area contributed by atoms with Crippen molar-refractivity contribution in [3.05, 3.63) is 0 Å². The lowest BCUT2D eigenvalue weighted by Gasteiger charge is -2.41. The van der Waals surface area contributed by atoms with Crippen molar-refractivity contribution in [2.75, 3.05) is 13.1 Å². The molecule has 0 spiro atoms. The first-order valence-electron chi connectivity index (χ1n) is 8.43. The summed E-state index contributed by atoms with van der Waals surface area (Å²) in [7, 11) is 0. The minimum atomic E-state index is 0.631. The molecule has 0 bridgehead atoms. The first kappa shape index (κ1) is 16.0. The van der Waals surface area contributed by atoms with E-state index < -0.39 is 0 Å². The van der Waals surface area contributed by atoms with E-state index in [4.69, 9.17) is 0 Å². The van der Waals surface area contributed by atoms with Crippen LogP contribution in [0.2, 0.25) is 0 Å². The van der Waals surface area contributed by atoms with Gasteiger partial charge in [-0.2, -0.15) is 0 Å². The van der Waals surface area contributed by atoms with Gasteiger partial charge in [0.1, 0.15) is 0 Å². The number of piperidine rings is 1. The molecule has 1 heteroatoms. The van der Waals surface area contributed by atoms with Gasteiger partial charge in [0.15, 0.2) is 0 Å². The molecule has 0 radical (unpaired) electrons. The fourth-order valence-corrected chi connectivity index (χ4v) is 3.59. The molecule has 1 saturated heterocycles. The maximum atomic E-state index is 3.52. The number of nitrogens with one attached hydrogen (secondary N) is 1. The highest BCUT2D eigenvalue weighted by Gasteiger charge is 2.33. The number of hydrogen-bond acceptors (Lipinski definition) is 1. The molecule has 108 valence electrons. The third kappa shape index (κ3) is 5.30. The van der Waals surface area contributed by atoms with Crippen LogP contribution >= 0.6 is 0 Å². The number of rotatable bonds is 9. The highest BCUT2D eigenvalue weighted by atomic mass is 14.9. The Kier molecular flexibility index (Phi) is 7.97. The molecule has 0 aromatic heterocycles. The molecule has 0 saturated carbocycles. The Hall–Kier alpha value is -0.0400. The zero-order chi connectivity index (χ0) is 13.3. The predicted octanol–water partition coefficient (Wildman–Crippen LogP) is 5.15. The smallest absolute Gasteiger partial charge is 0.00461 e. The Balaban J connectivity index is 2.44. The van der Waals surface area contributed by atoms with E-state index in [1.165, 1.54) is 77.3 Å². The predicted molar refractivity (Wildman–Crippen MR) is 82.0 cm³/mol. The lowest BCUT2D eigenvalue weighted by Crippen LogP contribution is -2.37. The lowest BCUT2D eigenvalue weighted by atomic mass is 9.67. The standard InChI is InChI=1S/C17H35N/c1-4-6-8-9-13-17(3,12-7-5-2)16-10-14-18-15-11-16/h16,18H,4-15H2,1-3H3. The number of hydrogen-bond donors (Lipinski definition) is 1. The zero-order valence-electron chi connectivity index (χ0n) is 13.1. The summed E-state index contributed by atoms with van der Waals surface area (Å²) in [5, 5.41) is 3.52. The maximum Gasteiger partial charge on any atom is -0.00461 e. The van der Waals surface area contributed by atoms with E-state index in [0.29, 0.717) is 5.41 Å². The molecule has 0 aromatic carbocycles. The fourth-order valence-electron chi connectivity index (χ4n) is 3.59. The molecule has 1 aliphatic heterocycles. The SMILES string of the molecule is CCCCCCC(C)(CCCC)C1CCNCC1. The molecule has 1 heterocycles. The second-order valence-corrected chi connectivity index (χ2v) is 6.59. The van der Waals surface area contributed by atoms with Gasteiger partial charge in [0, 0.05) is 0 Å². The van der Waals surface area contributed by atoms with Crippen LogP contribution in [-0.2, 0) is 0 Å². The Morgan fingerprint density at radius 3 is 2.11 bits per heavy atom. The van der Waals surface area contributed by atoms with Gasteiger partial charge >= 0.3 is 0 Å². The Labute approximate surface area is 115 Å². The molecule has 1 N–H and O–H groups in total. The molecule has 1 aliphatic rings. The van der Waals surface area contributed by atoms with E-state index in [-0.39, 0.29) is 0 Å². The number of unbranched alkanes of at least 4 members (excludes halogenated alkanes) is 4. The summed E-state index contributed by atoms with van der Waals surface area (Å²) in [5.41, 5.74) is 0.631. The van der Waals surface area contributed by atoms with Crippen molar-refractivity contribution >= 4 is 0 Å². The first-order valence-corrected chi connectivity index (χ1v) is 8.43. The Bertz CT molecular complexity index is 196. The van der Waals surface area contributed by atoms with Gasteiger partial charge in [-0.1, -0.05) is 59.3 Å². The summed E-state index contributed by atoms with van der Waals surface area (Å²) in [5.74, 6) is 0.979. The highest BCUT2D eigenvalue weighted by Crippen LogP contribution is 2.42. The van der Waals surface area contributed by atoms with E-state index in [2.05, 4.69) is 26.1 Å². The Morgan fingerprint density at radius 2 is 1.50 bits per heavy atom. The Morgan fingerprint density at radius 1 is 0.889 bits per heavy atom. The molecular formula is C17H35N. The van der Waals surface area contributed by atoms with Gasteiger partial charge in [0.25, 0.3) is 0 Å². The molecule has 1 rings (SSSR count). The van der Waals surface area contributed by atoms with Gasteiger partial charge in [0.05, 0.1) is 0 Å². The normalized spacial score (nSPS) is 20.8. The van der Waals surface area contributed by atoms with Crippen LogP contribution < -0.4 is 5.32 Å². The van der Waals surface area contributed by atoms with Gasteiger partial charge in [-0.05, 0) is 50.1 Å². The van der Waals surface area contributed by atoms with Crippen LogP contribution in [0.25, 0.3) is 0 Å². The topological polar surface area (TPSA) is 12.0 Å². The van der Waals surface area contributed by atoms with Crippen molar-refractivity contribution in [3.63, 3.8) is 0 Å². The second kappa shape index (κ2) is 8.96. The van der Waals surface area contributed by atoms with Gasteiger partial charge in [-0.25, -0.2) is 0 Å². The van der Waals surface area contributed by atoms with Crippen LogP contribution in [0.1, 0.15) is 85.0 Å². The van der Waals surface area contributed by atoms with Gasteiger partial charge in [-0.3, -0.25) is 0 Å². The molecule has 0 aliphatic carbocycles. The molecule has 1 unspecified atom stereocenters. The molecule has 0 aromatic rings. The summed E-state index contributed by atoms with van der Waals surface area (Å²) >= 11 is 0. The summed E-state index contributed by atoms with van der Waals surface area (Å²) < 4.78 is 0. The lowest BCUT2D eigenvalue weighted by molar-refractivity contribution is 0.112. The van der Waals surface area contributed by atoms with Crippen molar-refractivity contribution in [2.45, 2.75) is 85.0 Å². The minimum Gasteiger partial charge on any atom is -0.317 e. The third-order valence-corrected chi connectivity index (χ3v) is 5.03. The van der Waals surface area contributed by atoms with E-state index in [1.54, 1.807) is 0 Å². The van der Waals surface area contributed by atoms with E-state index in [1.807, 2.05) is 0 Å². The van der Waals surface area contributed by atoms with Crippen LogP contribution in [0.5, 0.6) is 0 Å². The van der Waals surface area contributed by atoms with Crippen LogP contribution in [0.15, 0.2) is 0 Å². The van der Waals surface area contributed by atoms with Crippen LogP contribution in [-0.4, -0.2) is 13.1 Å². The molecule has 1 atom stereocenters.